The summed E-state index contributed by atoms with van der Waals surface area (Å²) in [5, 5.41) is 10.4. The first kappa shape index (κ1) is 24.8. The molecule has 0 bridgehead atoms. The SMILES string of the molecule is c1ccc(-n2c3ccccc3c3ccc4c5ccc6c7ccccc7n(-c7ccc8sc9ccccc9c8c7)c6c5sc4c32)cc1. The lowest BCUT2D eigenvalue weighted by atomic mass is 10.1. The van der Waals surface area contributed by atoms with Crippen LogP contribution >= 0.6 is 22.7 Å². The molecule has 214 valence electrons. The van der Waals surface area contributed by atoms with Gasteiger partial charge in [-0.15, -0.1) is 22.7 Å². The van der Waals surface area contributed by atoms with Crippen LogP contribution in [0.3, 0.4) is 0 Å². The van der Waals surface area contributed by atoms with Crippen LogP contribution in [-0.2, 0) is 0 Å². The van der Waals surface area contributed by atoms with Gasteiger partial charge in [0.15, 0.2) is 0 Å². The van der Waals surface area contributed by atoms with Crippen molar-refractivity contribution in [1.82, 2.24) is 9.13 Å². The third-order valence-corrected chi connectivity index (χ3v) is 12.1. The molecule has 0 amide bonds. The fourth-order valence-corrected chi connectivity index (χ4v) is 10.2. The summed E-state index contributed by atoms with van der Waals surface area (Å²) in [7, 11) is 0. The summed E-state index contributed by atoms with van der Waals surface area (Å²) in [5.41, 5.74) is 7.45. The van der Waals surface area contributed by atoms with Gasteiger partial charge in [0.05, 0.1) is 31.5 Å². The Bertz CT molecular complexity index is 3020. The van der Waals surface area contributed by atoms with Crippen LogP contribution in [-0.4, -0.2) is 9.13 Å². The van der Waals surface area contributed by atoms with E-state index in [1.807, 2.05) is 22.7 Å². The Labute approximate surface area is 271 Å². The molecule has 0 unspecified atom stereocenters. The lowest BCUT2D eigenvalue weighted by Gasteiger charge is -2.09. The van der Waals surface area contributed by atoms with Crippen molar-refractivity contribution in [3.8, 4) is 11.4 Å². The molecule has 0 atom stereocenters. The molecule has 2 nitrogen and oxygen atoms in total. The van der Waals surface area contributed by atoms with Crippen LogP contribution in [0.25, 0.3) is 95.3 Å². The predicted octanol–water partition coefficient (Wildman–Crippen LogP) is 12.6. The number of para-hydroxylation sites is 3. The number of nitrogens with zero attached hydrogens (tertiary/aromatic N) is 2. The fraction of sp³-hybridized carbons (Fsp3) is 0. The normalized spacial score (nSPS) is 12.3. The summed E-state index contributed by atoms with van der Waals surface area (Å²) < 4.78 is 10.3. The maximum atomic E-state index is 2.51. The standard InChI is InChI=1S/C42H24N2S2/c1-2-10-25(11-3-1)43-35-15-7-4-12-27(35)30-19-21-32-33-22-20-31-28-13-5-8-16-36(28)44(40(31)42(33)46-41(32)39(30)43)26-18-23-38-34(24-26)29-14-6-9-17-37(29)45-38/h1-24H. The molecular formula is C42H24N2S2. The van der Waals surface area contributed by atoms with Gasteiger partial charge in [0.2, 0.25) is 0 Å². The van der Waals surface area contributed by atoms with Gasteiger partial charge in [0, 0.05) is 63.9 Å². The molecular weight excluding hydrogens is 597 g/mol. The Hall–Kier alpha value is -5.42. The summed E-state index contributed by atoms with van der Waals surface area (Å²) in [5.74, 6) is 0. The van der Waals surface area contributed by atoms with Gasteiger partial charge in [-0.2, -0.15) is 0 Å². The maximum absolute atomic E-state index is 2.51. The molecule has 4 heterocycles. The highest BCUT2D eigenvalue weighted by molar-refractivity contribution is 7.27. The maximum Gasteiger partial charge on any atom is 0.0719 e. The first-order chi connectivity index (χ1) is 22.8. The van der Waals surface area contributed by atoms with Crippen LogP contribution in [0.2, 0.25) is 0 Å². The van der Waals surface area contributed by atoms with Crippen molar-refractivity contribution in [2.45, 2.75) is 0 Å². The molecule has 0 saturated carbocycles. The average Bonchev–Trinajstić information content (AvgIpc) is 3.86. The molecule has 0 aliphatic rings. The number of aromatic nitrogens is 2. The van der Waals surface area contributed by atoms with Crippen LogP contribution in [0.4, 0.5) is 0 Å². The number of hydrogen-bond acceptors (Lipinski definition) is 2. The Morgan fingerprint density at radius 2 is 0.848 bits per heavy atom. The van der Waals surface area contributed by atoms with Crippen LogP contribution < -0.4 is 0 Å². The number of hydrogen-bond donors (Lipinski definition) is 0. The van der Waals surface area contributed by atoms with Gasteiger partial charge >= 0.3 is 0 Å². The van der Waals surface area contributed by atoms with Crippen molar-refractivity contribution >= 4 is 107 Å². The molecule has 4 heteroatoms. The van der Waals surface area contributed by atoms with Gasteiger partial charge in [-0.05, 0) is 48.5 Å². The summed E-state index contributed by atoms with van der Waals surface area (Å²) in [6.45, 7) is 0. The minimum atomic E-state index is 1.19. The molecule has 0 aliphatic carbocycles. The Kier molecular flexibility index (Phi) is 4.90. The minimum Gasteiger partial charge on any atom is -0.308 e. The molecule has 46 heavy (non-hydrogen) atoms. The van der Waals surface area contributed by atoms with Crippen molar-refractivity contribution in [2.24, 2.45) is 0 Å². The quantitative estimate of drug-likeness (QED) is 0.182. The van der Waals surface area contributed by atoms with Crippen molar-refractivity contribution < 1.29 is 0 Å². The van der Waals surface area contributed by atoms with Gasteiger partial charge < -0.3 is 9.13 Å². The zero-order valence-corrected chi connectivity index (χ0v) is 26.2. The zero-order chi connectivity index (χ0) is 29.9. The van der Waals surface area contributed by atoms with E-state index in [1.54, 1.807) is 0 Å². The predicted molar refractivity (Wildman–Crippen MR) is 201 cm³/mol. The van der Waals surface area contributed by atoms with Gasteiger partial charge in [-0.3, -0.25) is 0 Å². The highest BCUT2D eigenvalue weighted by Crippen LogP contribution is 2.47. The van der Waals surface area contributed by atoms with Crippen molar-refractivity contribution in [3.05, 3.63) is 146 Å². The smallest absolute Gasteiger partial charge is 0.0719 e. The summed E-state index contributed by atoms with van der Waals surface area (Å²) in [6.07, 6.45) is 0. The molecule has 0 spiro atoms. The first-order valence-electron chi connectivity index (χ1n) is 15.6. The van der Waals surface area contributed by atoms with E-state index in [0.29, 0.717) is 0 Å². The van der Waals surface area contributed by atoms with E-state index in [4.69, 9.17) is 0 Å². The van der Waals surface area contributed by atoms with Gasteiger partial charge in [-0.25, -0.2) is 0 Å². The molecule has 7 aromatic carbocycles. The molecule has 0 fully saturated rings. The van der Waals surface area contributed by atoms with E-state index in [2.05, 4.69) is 155 Å². The second-order valence-electron chi connectivity index (χ2n) is 12.1. The fourth-order valence-electron chi connectivity index (χ4n) is 7.75. The van der Waals surface area contributed by atoms with E-state index in [9.17, 15) is 0 Å². The molecule has 0 N–H and O–H groups in total. The number of rotatable bonds is 2. The zero-order valence-electron chi connectivity index (χ0n) is 24.6. The second kappa shape index (κ2) is 9.07. The Morgan fingerprint density at radius 1 is 0.326 bits per heavy atom. The highest BCUT2D eigenvalue weighted by Gasteiger charge is 2.21. The highest BCUT2D eigenvalue weighted by atomic mass is 32.1. The summed E-state index contributed by atoms with van der Waals surface area (Å²) in [4.78, 5) is 0. The largest absolute Gasteiger partial charge is 0.308 e. The van der Waals surface area contributed by atoms with E-state index >= 15 is 0 Å². The van der Waals surface area contributed by atoms with Gasteiger partial charge in [0.1, 0.15) is 0 Å². The van der Waals surface area contributed by atoms with E-state index in [0.717, 1.165) is 0 Å². The number of benzene rings is 7. The molecule has 11 aromatic rings. The molecule has 11 rings (SSSR count). The van der Waals surface area contributed by atoms with Crippen LogP contribution in [0, 0.1) is 0 Å². The van der Waals surface area contributed by atoms with Crippen molar-refractivity contribution in [2.75, 3.05) is 0 Å². The van der Waals surface area contributed by atoms with E-state index in [1.165, 1.54) is 95.3 Å². The van der Waals surface area contributed by atoms with Gasteiger partial charge in [0.25, 0.3) is 0 Å². The topological polar surface area (TPSA) is 9.86 Å². The summed E-state index contributed by atoms with van der Waals surface area (Å²) >= 11 is 3.81. The average molecular weight is 621 g/mol. The van der Waals surface area contributed by atoms with Crippen molar-refractivity contribution in [1.29, 1.82) is 0 Å². The first-order valence-corrected chi connectivity index (χ1v) is 17.2. The Balaban J connectivity index is 1.31. The molecule has 4 aromatic heterocycles. The molecule has 0 saturated heterocycles. The third-order valence-electron chi connectivity index (χ3n) is 9.71. The van der Waals surface area contributed by atoms with Crippen LogP contribution in [0.15, 0.2) is 146 Å². The van der Waals surface area contributed by atoms with Crippen molar-refractivity contribution in [3.63, 3.8) is 0 Å². The van der Waals surface area contributed by atoms with E-state index < -0.39 is 0 Å². The van der Waals surface area contributed by atoms with Crippen LogP contribution in [0.5, 0.6) is 0 Å². The third kappa shape index (κ3) is 3.20. The Morgan fingerprint density at radius 3 is 1.52 bits per heavy atom. The lowest BCUT2D eigenvalue weighted by molar-refractivity contribution is 1.19. The summed E-state index contributed by atoms with van der Waals surface area (Å²) in [6, 6.07) is 53.7. The molecule has 0 aliphatic heterocycles. The number of thiophene rings is 2. The van der Waals surface area contributed by atoms with Crippen LogP contribution in [0.1, 0.15) is 0 Å². The minimum absolute atomic E-state index is 1.19. The lowest BCUT2D eigenvalue weighted by Crippen LogP contribution is -1.93. The molecule has 0 radical (unpaired) electrons. The second-order valence-corrected chi connectivity index (χ2v) is 14.2. The number of fused-ring (bicyclic) bond motifs is 14. The van der Waals surface area contributed by atoms with E-state index in [-0.39, 0.29) is 0 Å². The van der Waals surface area contributed by atoms with Gasteiger partial charge in [-0.1, -0.05) is 97.1 Å². The monoisotopic (exact) mass is 620 g/mol.